The van der Waals surface area contributed by atoms with Crippen LogP contribution in [-0.2, 0) is 0 Å². The van der Waals surface area contributed by atoms with Gasteiger partial charge in [0.1, 0.15) is 0 Å². The molecule has 1 unspecified atom stereocenters. The molecule has 3 aromatic heterocycles. The van der Waals surface area contributed by atoms with Gasteiger partial charge in [-0.3, -0.25) is 0 Å². The average molecular weight is 332 g/mol. The summed E-state index contributed by atoms with van der Waals surface area (Å²) >= 11 is 1.63. The van der Waals surface area contributed by atoms with E-state index in [1.165, 1.54) is 0 Å². The van der Waals surface area contributed by atoms with Crippen LogP contribution in [0.15, 0.2) is 10.7 Å². The van der Waals surface area contributed by atoms with Gasteiger partial charge in [0.15, 0.2) is 5.82 Å². The molecule has 4 rings (SSSR count). The predicted molar refractivity (Wildman–Crippen MR) is 88.2 cm³/mol. The number of hydrogen-bond acceptors (Lipinski definition) is 7. The van der Waals surface area contributed by atoms with Crippen LogP contribution in [0.4, 0.5) is 5.13 Å². The highest BCUT2D eigenvalue weighted by molar-refractivity contribution is 7.20. The molecule has 1 fully saturated rings. The van der Waals surface area contributed by atoms with Crippen LogP contribution in [0.1, 0.15) is 55.9 Å². The van der Waals surface area contributed by atoms with Crippen molar-refractivity contribution in [2.75, 3.05) is 18.0 Å². The molecule has 1 aliphatic heterocycles. The van der Waals surface area contributed by atoms with E-state index in [2.05, 4.69) is 39.0 Å². The molecule has 0 spiro atoms. The summed E-state index contributed by atoms with van der Waals surface area (Å²) in [6.45, 7) is 8.02. The Morgan fingerprint density at radius 3 is 2.96 bits per heavy atom. The smallest absolute Gasteiger partial charge is 0.229 e. The summed E-state index contributed by atoms with van der Waals surface area (Å²) < 4.78 is 7.23. The molecule has 0 saturated carbocycles. The van der Waals surface area contributed by atoms with Crippen molar-refractivity contribution >= 4 is 21.4 Å². The third-order valence-electron chi connectivity index (χ3n) is 4.16. The lowest BCUT2D eigenvalue weighted by Gasteiger charge is -2.30. The van der Waals surface area contributed by atoms with E-state index in [1.807, 2.05) is 17.6 Å². The van der Waals surface area contributed by atoms with Gasteiger partial charge in [0.05, 0.1) is 11.9 Å². The topological polar surface area (TPSA) is 72.3 Å². The average Bonchev–Trinajstić information content (AvgIpc) is 3.21. The van der Waals surface area contributed by atoms with Gasteiger partial charge in [-0.25, -0.2) is 9.50 Å². The monoisotopic (exact) mass is 332 g/mol. The molecule has 4 heterocycles. The second-order valence-corrected chi connectivity index (χ2v) is 7.36. The quantitative estimate of drug-likeness (QED) is 0.734. The number of hydrogen-bond donors (Lipinski definition) is 0. The molecule has 0 aliphatic carbocycles. The summed E-state index contributed by atoms with van der Waals surface area (Å²) in [5.41, 5.74) is 1.000. The maximum Gasteiger partial charge on any atom is 0.229 e. The van der Waals surface area contributed by atoms with Gasteiger partial charge in [0.25, 0.3) is 0 Å². The highest BCUT2D eigenvalue weighted by atomic mass is 32.1. The first kappa shape index (κ1) is 14.6. The lowest BCUT2D eigenvalue weighted by atomic mass is 9.98. The molecule has 0 amide bonds. The summed E-state index contributed by atoms with van der Waals surface area (Å²) in [6.07, 6.45) is 4.16. The summed E-state index contributed by atoms with van der Waals surface area (Å²) in [7, 11) is 0. The largest absolute Gasteiger partial charge is 0.346 e. The maximum absolute atomic E-state index is 5.36. The number of aromatic nitrogens is 5. The minimum atomic E-state index is 0.269. The summed E-state index contributed by atoms with van der Waals surface area (Å²) in [4.78, 5) is 12.3. The minimum Gasteiger partial charge on any atom is -0.346 e. The number of nitrogens with zero attached hydrogens (tertiary/aromatic N) is 6. The second-order valence-electron chi connectivity index (χ2n) is 6.42. The van der Waals surface area contributed by atoms with E-state index in [0.29, 0.717) is 5.92 Å². The van der Waals surface area contributed by atoms with Crippen molar-refractivity contribution in [2.45, 2.75) is 45.4 Å². The van der Waals surface area contributed by atoms with E-state index < -0.39 is 0 Å². The van der Waals surface area contributed by atoms with E-state index in [4.69, 9.17) is 4.52 Å². The van der Waals surface area contributed by atoms with Crippen molar-refractivity contribution in [2.24, 2.45) is 0 Å². The van der Waals surface area contributed by atoms with E-state index >= 15 is 0 Å². The van der Waals surface area contributed by atoms with E-state index in [9.17, 15) is 0 Å². The van der Waals surface area contributed by atoms with Crippen molar-refractivity contribution < 1.29 is 4.52 Å². The summed E-state index contributed by atoms with van der Waals surface area (Å²) in [5, 5.41) is 9.86. The molecule has 7 nitrogen and oxygen atoms in total. The van der Waals surface area contributed by atoms with Crippen molar-refractivity contribution in [3.8, 4) is 0 Å². The summed E-state index contributed by atoms with van der Waals surface area (Å²) in [5.74, 6) is 2.12. The molecule has 1 saturated heterocycles. The van der Waals surface area contributed by atoms with Crippen molar-refractivity contribution in [1.29, 1.82) is 0 Å². The number of fused-ring (bicyclic) bond motifs is 1. The summed E-state index contributed by atoms with van der Waals surface area (Å²) in [6, 6.07) is 0. The Bertz CT molecular complexity index is 788. The molecule has 0 aromatic carbocycles. The molecule has 8 heteroatoms. The highest BCUT2D eigenvalue weighted by Crippen LogP contribution is 2.31. The maximum atomic E-state index is 5.36. The first-order valence-electron chi connectivity index (χ1n) is 8.01. The van der Waals surface area contributed by atoms with Crippen molar-refractivity contribution in [1.82, 2.24) is 24.7 Å². The highest BCUT2D eigenvalue weighted by Gasteiger charge is 2.27. The van der Waals surface area contributed by atoms with E-state index in [1.54, 1.807) is 11.3 Å². The fourth-order valence-electron chi connectivity index (χ4n) is 2.94. The molecular weight excluding hydrogens is 312 g/mol. The molecular formula is C15H20N6OS. The Hall–Kier alpha value is -1.96. The van der Waals surface area contributed by atoms with Crippen LogP contribution in [0.25, 0.3) is 4.96 Å². The van der Waals surface area contributed by atoms with Crippen molar-refractivity contribution in [3.05, 3.63) is 23.6 Å². The number of anilines is 1. The molecule has 23 heavy (non-hydrogen) atoms. The zero-order chi connectivity index (χ0) is 16.0. The zero-order valence-electron chi connectivity index (χ0n) is 13.6. The van der Waals surface area contributed by atoms with Crippen LogP contribution >= 0.6 is 11.3 Å². The van der Waals surface area contributed by atoms with Gasteiger partial charge in [-0.1, -0.05) is 30.3 Å². The van der Waals surface area contributed by atoms with Gasteiger partial charge in [-0.15, -0.1) is 5.10 Å². The fraction of sp³-hybridized carbons (Fsp3) is 0.600. The first-order valence-corrected chi connectivity index (χ1v) is 8.83. The second kappa shape index (κ2) is 5.59. The predicted octanol–water partition coefficient (Wildman–Crippen LogP) is 2.99. The van der Waals surface area contributed by atoms with Crippen LogP contribution in [0.3, 0.4) is 0 Å². The third kappa shape index (κ3) is 2.71. The molecule has 3 aromatic rings. The van der Waals surface area contributed by atoms with Crippen LogP contribution in [0.5, 0.6) is 0 Å². The third-order valence-corrected chi connectivity index (χ3v) is 5.14. The van der Waals surface area contributed by atoms with Gasteiger partial charge in [0.2, 0.25) is 16.0 Å². The standard InChI is InChI=1S/C15H20N6OS/c1-9(2)13-17-12(19-22-13)11-5-4-6-20(8-11)15-18-21-7-10(3)16-14(21)23-15/h7,9,11H,4-6,8H2,1-3H3. The number of rotatable bonds is 3. The lowest BCUT2D eigenvalue weighted by molar-refractivity contribution is 0.354. The number of imidazole rings is 1. The van der Waals surface area contributed by atoms with Crippen LogP contribution < -0.4 is 4.90 Å². The number of piperidine rings is 1. The lowest BCUT2D eigenvalue weighted by Crippen LogP contribution is -2.34. The fourth-order valence-corrected chi connectivity index (χ4v) is 3.90. The van der Waals surface area contributed by atoms with Gasteiger partial charge in [0, 0.05) is 24.9 Å². The first-order chi connectivity index (χ1) is 11.1. The van der Waals surface area contributed by atoms with Gasteiger partial charge < -0.3 is 9.42 Å². The molecule has 1 atom stereocenters. The Morgan fingerprint density at radius 2 is 2.22 bits per heavy atom. The molecule has 0 radical (unpaired) electrons. The van der Waals surface area contributed by atoms with Gasteiger partial charge in [-0.05, 0) is 19.8 Å². The number of aryl methyl sites for hydroxylation is 1. The molecule has 0 bridgehead atoms. The Balaban J connectivity index is 1.54. The van der Waals surface area contributed by atoms with Crippen LogP contribution in [-0.4, -0.2) is 37.8 Å². The SMILES string of the molecule is Cc1cn2nc(N3CCCC(c4noc(C(C)C)n4)C3)sc2n1. The Kier molecular flexibility index (Phi) is 3.56. The Morgan fingerprint density at radius 1 is 1.35 bits per heavy atom. The zero-order valence-corrected chi connectivity index (χ0v) is 14.4. The van der Waals surface area contributed by atoms with E-state index in [-0.39, 0.29) is 5.92 Å². The van der Waals surface area contributed by atoms with Gasteiger partial charge in [-0.2, -0.15) is 4.98 Å². The van der Waals surface area contributed by atoms with Crippen LogP contribution in [0.2, 0.25) is 0 Å². The molecule has 0 N–H and O–H groups in total. The minimum absolute atomic E-state index is 0.269. The molecule has 1 aliphatic rings. The molecule has 122 valence electrons. The normalized spacial score (nSPS) is 19.1. The van der Waals surface area contributed by atoms with E-state index in [0.717, 1.165) is 53.4 Å². The van der Waals surface area contributed by atoms with Crippen LogP contribution in [0, 0.1) is 6.92 Å². The van der Waals surface area contributed by atoms with Gasteiger partial charge >= 0.3 is 0 Å². The van der Waals surface area contributed by atoms with Crippen molar-refractivity contribution in [3.63, 3.8) is 0 Å². The Labute approximate surface area is 138 Å².